The normalized spacial score (nSPS) is 23.3. The summed E-state index contributed by atoms with van der Waals surface area (Å²) in [5, 5.41) is 3.56. The van der Waals surface area contributed by atoms with Crippen molar-refractivity contribution in [2.45, 2.75) is 31.7 Å². The summed E-state index contributed by atoms with van der Waals surface area (Å²) in [6.07, 6.45) is 8.98. The van der Waals surface area contributed by atoms with Crippen molar-refractivity contribution in [3.8, 4) is 0 Å². The van der Waals surface area contributed by atoms with Crippen LogP contribution in [0.1, 0.15) is 25.7 Å². The van der Waals surface area contributed by atoms with E-state index < -0.39 is 0 Å². The molecule has 3 rings (SSSR count). The van der Waals surface area contributed by atoms with Crippen LogP contribution in [0.3, 0.4) is 0 Å². The van der Waals surface area contributed by atoms with Crippen molar-refractivity contribution in [3.05, 3.63) is 16.9 Å². The Morgan fingerprint density at radius 1 is 1.22 bits per heavy atom. The van der Waals surface area contributed by atoms with Crippen molar-refractivity contribution in [1.82, 2.24) is 15.3 Å². The molecule has 5 heteroatoms. The van der Waals surface area contributed by atoms with Gasteiger partial charge in [0.1, 0.15) is 0 Å². The molecule has 98 valence electrons. The maximum absolute atomic E-state index is 4.44. The number of hydrogen-bond acceptors (Lipinski definition) is 4. The molecule has 1 aromatic rings. The quantitative estimate of drug-likeness (QED) is 0.905. The second-order valence-corrected chi connectivity index (χ2v) is 6.26. The molecule has 0 aromatic carbocycles. The molecule has 0 radical (unpaired) electrons. The summed E-state index contributed by atoms with van der Waals surface area (Å²) in [7, 11) is 0. The van der Waals surface area contributed by atoms with Gasteiger partial charge in [-0.2, -0.15) is 0 Å². The largest absolute Gasteiger partial charge is 0.339 e. The molecule has 1 saturated carbocycles. The van der Waals surface area contributed by atoms with E-state index >= 15 is 0 Å². The third-order valence-electron chi connectivity index (χ3n) is 3.67. The van der Waals surface area contributed by atoms with Crippen molar-refractivity contribution in [3.63, 3.8) is 0 Å². The fraction of sp³-hybridized carbons (Fsp3) is 0.692. The van der Waals surface area contributed by atoms with Crippen LogP contribution >= 0.6 is 15.9 Å². The first-order valence-electron chi connectivity index (χ1n) is 6.77. The summed E-state index contributed by atoms with van der Waals surface area (Å²) in [5.41, 5.74) is 0. The Hall–Kier alpha value is -0.680. The summed E-state index contributed by atoms with van der Waals surface area (Å²) in [5.74, 6) is 1.73. The summed E-state index contributed by atoms with van der Waals surface area (Å²) in [6.45, 7) is 3.31. The number of halogens is 1. The van der Waals surface area contributed by atoms with Crippen molar-refractivity contribution >= 4 is 21.9 Å². The van der Waals surface area contributed by atoms with Crippen LogP contribution in [0.4, 0.5) is 5.95 Å². The number of hydrogen-bond donors (Lipinski definition) is 1. The molecule has 1 atom stereocenters. The van der Waals surface area contributed by atoms with Gasteiger partial charge in [0.15, 0.2) is 0 Å². The summed E-state index contributed by atoms with van der Waals surface area (Å²) >= 11 is 3.39. The Morgan fingerprint density at radius 2 is 2.00 bits per heavy atom. The summed E-state index contributed by atoms with van der Waals surface area (Å²) < 4.78 is 0.941. The molecule has 2 aliphatic rings. The minimum Gasteiger partial charge on any atom is -0.339 e. The Labute approximate surface area is 116 Å². The highest BCUT2D eigenvalue weighted by Crippen LogP contribution is 2.31. The maximum Gasteiger partial charge on any atom is 0.225 e. The molecular formula is C13H19BrN4. The number of nitrogens with zero attached hydrogens (tertiary/aromatic N) is 3. The van der Waals surface area contributed by atoms with Gasteiger partial charge in [0.2, 0.25) is 5.95 Å². The Balaban J connectivity index is 1.68. The molecule has 0 amide bonds. The number of nitrogens with one attached hydrogen (secondary N) is 1. The van der Waals surface area contributed by atoms with E-state index in [1.807, 2.05) is 12.4 Å². The lowest BCUT2D eigenvalue weighted by Crippen LogP contribution is -2.39. The third-order valence-corrected chi connectivity index (χ3v) is 4.08. The first kappa shape index (κ1) is 12.4. The highest BCUT2D eigenvalue weighted by atomic mass is 79.9. The molecule has 1 aliphatic heterocycles. The van der Waals surface area contributed by atoms with Gasteiger partial charge in [-0.3, -0.25) is 0 Å². The van der Waals surface area contributed by atoms with Gasteiger partial charge in [-0.25, -0.2) is 9.97 Å². The van der Waals surface area contributed by atoms with Gasteiger partial charge in [-0.1, -0.05) is 0 Å². The van der Waals surface area contributed by atoms with Gasteiger partial charge in [0, 0.05) is 31.5 Å². The van der Waals surface area contributed by atoms with Crippen molar-refractivity contribution in [1.29, 1.82) is 0 Å². The SMILES string of the molecule is Brc1cnc(N(CC2CC2)CC2CCCN2)nc1. The number of anilines is 1. The van der Waals surface area contributed by atoms with Crippen LogP contribution in [0, 0.1) is 5.92 Å². The molecule has 1 saturated heterocycles. The van der Waals surface area contributed by atoms with Crippen LogP contribution in [-0.4, -0.2) is 35.6 Å². The van der Waals surface area contributed by atoms with E-state index in [1.165, 1.54) is 25.7 Å². The molecule has 0 bridgehead atoms. The Bertz CT molecular complexity index is 384. The first-order chi connectivity index (χ1) is 8.81. The van der Waals surface area contributed by atoms with Gasteiger partial charge in [-0.05, 0) is 54.1 Å². The van der Waals surface area contributed by atoms with E-state index in [9.17, 15) is 0 Å². The van der Waals surface area contributed by atoms with Crippen LogP contribution in [0.2, 0.25) is 0 Å². The third kappa shape index (κ3) is 3.20. The number of rotatable bonds is 5. The highest BCUT2D eigenvalue weighted by molar-refractivity contribution is 9.10. The molecule has 18 heavy (non-hydrogen) atoms. The van der Waals surface area contributed by atoms with E-state index in [1.54, 1.807) is 0 Å². The Morgan fingerprint density at radius 3 is 2.61 bits per heavy atom. The molecule has 0 spiro atoms. The predicted molar refractivity (Wildman–Crippen MR) is 75.7 cm³/mol. The molecule has 2 heterocycles. The van der Waals surface area contributed by atoms with E-state index in [0.717, 1.165) is 36.0 Å². The first-order valence-corrected chi connectivity index (χ1v) is 7.56. The van der Waals surface area contributed by atoms with E-state index in [2.05, 4.69) is 36.1 Å². The van der Waals surface area contributed by atoms with E-state index in [-0.39, 0.29) is 0 Å². The van der Waals surface area contributed by atoms with Crippen molar-refractivity contribution < 1.29 is 0 Å². The Kier molecular flexibility index (Phi) is 3.80. The lowest BCUT2D eigenvalue weighted by Gasteiger charge is -2.25. The van der Waals surface area contributed by atoms with Crippen LogP contribution in [0.25, 0.3) is 0 Å². The molecule has 4 nitrogen and oxygen atoms in total. The van der Waals surface area contributed by atoms with Gasteiger partial charge in [0.05, 0.1) is 4.47 Å². The fourth-order valence-electron chi connectivity index (χ4n) is 2.50. The van der Waals surface area contributed by atoms with Gasteiger partial charge in [0.25, 0.3) is 0 Å². The minimum absolute atomic E-state index is 0.607. The molecule has 1 unspecified atom stereocenters. The average molecular weight is 311 g/mol. The van der Waals surface area contributed by atoms with E-state index in [4.69, 9.17) is 0 Å². The fourth-order valence-corrected chi connectivity index (χ4v) is 2.70. The number of aromatic nitrogens is 2. The van der Waals surface area contributed by atoms with Crippen molar-refractivity contribution in [2.75, 3.05) is 24.5 Å². The molecular weight excluding hydrogens is 292 g/mol. The lowest BCUT2D eigenvalue weighted by atomic mass is 10.2. The highest BCUT2D eigenvalue weighted by Gasteiger charge is 2.27. The zero-order valence-corrected chi connectivity index (χ0v) is 12.1. The second kappa shape index (κ2) is 5.53. The standard InChI is InChI=1S/C13H19BrN4/c14-11-6-16-13(17-7-11)18(8-10-3-4-10)9-12-2-1-5-15-12/h6-7,10,12,15H,1-5,8-9H2. The molecule has 1 aromatic heterocycles. The monoisotopic (exact) mass is 310 g/mol. The van der Waals surface area contributed by atoms with Crippen molar-refractivity contribution in [2.24, 2.45) is 5.92 Å². The predicted octanol–water partition coefficient (Wildman–Crippen LogP) is 2.21. The van der Waals surface area contributed by atoms with Gasteiger partial charge >= 0.3 is 0 Å². The second-order valence-electron chi connectivity index (χ2n) is 5.34. The van der Waals surface area contributed by atoms with Crippen LogP contribution in [0.15, 0.2) is 16.9 Å². The summed E-state index contributed by atoms with van der Waals surface area (Å²) in [4.78, 5) is 11.2. The van der Waals surface area contributed by atoms with E-state index in [0.29, 0.717) is 6.04 Å². The zero-order chi connectivity index (χ0) is 12.4. The topological polar surface area (TPSA) is 41.1 Å². The zero-order valence-electron chi connectivity index (χ0n) is 10.5. The lowest BCUT2D eigenvalue weighted by molar-refractivity contribution is 0.563. The molecule has 1 aliphatic carbocycles. The molecule has 1 N–H and O–H groups in total. The van der Waals surface area contributed by atoms with Crippen LogP contribution in [0.5, 0.6) is 0 Å². The minimum atomic E-state index is 0.607. The van der Waals surface area contributed by atoms with Gasteiger partial charge < -0.3 is 10.2 Å². The van der Waals surface area contributed by atoms with Crippen LogP contribution in [-0.2, 0) is 0 Å². The van der Waals surface area contributed by atoms with Crippen LogP contribution < -0.4 is 10.2 Å². The average Bonchev–Trinajstić information content (AvgIpc) is 3.04. The summed E-state index contributed by atoms with van der Waals surface area (Å²) in [6, 6.07) is 0.607. The maximum atomic E-state index is 4.44. The van der Waals surface area contributed by atoms with Gasteiger partial charge in [-0.15, -0.1) is 0 Å². The smallest absolute Gasteiger partial charge is 0.225 e. The molecule has 2 fully saturated rings.